The van der Waals surface area contributed by atoms with Crippen LogP contribution in [0.1, 0.15) is 21.5 Å². The maximum absolute atomic E-state index is 13.0. The zero-order chi connectivity index (χ0) is 12.4. The number of carbonyl (C=O) groups excluding carboxylic acids is 1. The Hall–Kier alpha value is -1.67. The molecule has 2 rings (SSSR count). The Kier molecular flexibility index (Phi) is 3.25. The first kappa shape index (κ1) is 11.8. The molecule has 17 heavy (non-hydrogen) atoms. The van der Waals surface area contributed by atoms with E-state index in [2.05, 4.69) is 0 Å². The summed E-state index contributed by atoms with van der Waals surface area (Å²) < 4.78 is 13.0. The second-order valence-corrected chi connectivity index (χ2v) is 4.21. The van der Waals surface area contributed by atoms with Gasteiger partial charge in [0, 0.05) is 16.1 Å². The minimum atomic E-state index is -0.422. The lowest BCUT2D eigenvalue weighted by molar-refractivity contribution is 0.103. The Morgan fingerprint density at radius 1 is 1.12 bits per heavy atom. The minimum absolute atomic E-state index is 0.230. The Balaban J connectivity index is 2.40. The number of ketones is 1. The van der Waals surface area contributed by atoms with Crippen molar-refractivity contribution >= 4 is 17.4 Å². The van der Waals surface area contributed by atoms with Gasteiger partial charge in [0.25, 0.3) is 0 Å². The molecule has 0 amide bonds. The first-order valence-corrected chi connectivity index (χ1v) is 5.52. The summed E-state index contributed by atoms with van der Waals surface area (Å²) in [7, 11) is 0. The smallest absolute Gasteiger partial charge is 0.193 e. The number of benzene rings is 2. The topological polar surface area (TPSA) is 17.1 Å². The number of carbonyl (C=O) groups is 1. The van der Waals surface area contributed by atoms with Gasteiger partial charge in [-0.2, -0.15) is 0 Å². The minimum Gasteiger partial charge on any atom is -0.289 e. The van der Waals surface area contributed by atoms with E-state index in [0.29, 0.717) is 16.1 Å². The van der Waals surface area contributed by atoms with Crippen LogP contribution in [0.3, 0.4) is 0 Å². The lowest BCUT2D eigenvalue weighted by Crippen LogP contribution is -2.01. The largest absolute Gasteiger partial charge is 0.289 e. The fourth-order valence-corrected chi connectivity index (χ4v) is 1.71. The van der Waals surface area contributed by atoms with Crippen LogP contribution in [-0.2, 0) is 0 Å². The zero-order valence-electron chi connectivity index (χ0n) is 9.21. The van der Waals surface area contributed by atoms with Gasteiger partial charge in [-0.15, -0.1) is 0 Å². The third-order valence-electron chi connectivity index (χ3n) is 2.52. The fourth-order valence-electron chi connectivity index (χ4n) is 1.53. The molecule has 0 fully saturated rings. The molecule has 3 heteroatoms. The van der Waals surface area contributed by atoms with Crippen LogP contribution in [0.25, 0.3) is 0 Å². The van der Waals surface area contributed by atoms with Crippen LogP contribution < -0.4 is 0 Å². The average Bonchev–Trinajstić information content (AvgIpc) is 2.32. The molecule has 0 heterocycles. The van der Waals surface area contributed by atoms with Gasteiger partial charge in [0.15, 0.2) is 5.78 Å². The van der Waals surface area contributed by atoms with E-state index in [1.807, 2.05) is 6.92 Å². The van der Waals surface area contributed by atoms with Crippen molar-refractivity contribution in [3.8, 4) is 0 Å². The molecule has 2 aromatic carbocycles. The molecule has 86 valence electrons. The summed E-state index contributed by atoms with van der Waals surface area (Å²) in [5.74, 6) is -0.652. The van der Waals surface area contributed by atoms with Gasteiger partial charge in [0.05, 0.1) is 0 Å². The summed E-state index contributed by atoms with van der Waals surface area (Å²) in [5, 5.41) is 0.534. The van der Waals surface area contributed by atoms with Crippen molar-refractivity contribution in [1.29, 1.82) is 0 Å². The van der Waals surface area contributed by atoms with Crippen LogP contribution in [0.15, 0.2) is 42.5 Å². The first-order chi connectivity index (χ1) is 8.08. The first-order valence-electron chi connectivity index (χ1n) is 5.14. The summed E-state index contributed by atoms with van der Waals surface area (Å²) in [6, 6.07) is 10.7. The fraction of sp³-hybridized carbons (Fsp3) is 0.0714. The number of aryl methyl sites for hydroxylation is 1. The predicted octanol–water partition coefficient (Wildman–Crippen LogP) is 4.02. The lowest BCUT2D eigenvalue weighted by atomic mass is 10.0. The zero-order valence-corrected chi connectivity index (χ0v) is 9.96. The van der Waals surface area contributed by atoms with Gasteiger partial charge in [0.2, 0.25) is 0 Å². The molecule has 0 aliphatic heterocycles. The van der Waals surface area contributed by atoms with Crippen molar-refractivity contribution in [2.75, 3.05) is 0 Å². The molecule has 0 aliphatic carbocycles. The SMILES string of the molecule is Cc1ccc(C(=O)c2cccc(F)c2)cc1Cl. The maximum atomic E-state index is 13.0. The van der Waals surface area contributed by atoms with Gasteiger partial charge in [-0.3, -0.25) is 4.79 Å². The van der Waals surface area contributed by atoms with Gasteiger partial charge in [-0.1, -0.05) is 35.9 Å². The van der Waals surface area contributed by atoms with Gasteiger partial charge < -0.3 is 0 Å². The van der Waals surface area contributed by atoms with Crippen LogP contribution in [0.5, 0.6) is 0 Å². The quantitative estimate of drug-likeness (QED) is 0.734. The molecule has 0 saturated carbocycles. The molecule has 0 unspecified atom stereocenters. The van der Waals surface area contributed by atoms with E-state index in [4.69, 9.17) is 11.6 Å². The summed E-state index contributed by atoms with van der Waals surface area (Å²) >= 11 is 5.95. The Morgan fingerprint density at radius 2 is 1.82 bits per heavy atom. The predicted molar refractivity (Wildman–Crippen MR) is 66.0 cm³/mol. The van der Waals surface area contributed by atoms with E-state index >= 15 is 0 Å². The van der Waals surface area contributed by atoms with E-state index in [0.717, 1.165) is 5.56 Å². The summed E-state index contributed by atoms with van der Waals surface area (Å²) in [4.78, 5) is 12.0. The normalized spacial score (nSPS) is 10.3. The standard InChI is InChI=1S/C14H10ClFO/c1-9-5-6-11(8-13(9)15)14(17)10-3-2-4-12(16)7-10/h2-8H,1H3. The third kappa shape index (κ3) is 2.53. The Labute approximate surface area is 104 Å². The second-order valence-electron chi connectivity index (χ2n) is 3.80. The van der Waals surface area contributed by atoms with Crippen LogP contribution >= 0.6 is 11.6 Å². The van der Waals surface area contributed by atoms with Crippen molar-refractivity contribution in [3.63, 3.8) is 0 Å². The molecule has 1 nitrogen and oxygen atoms in total. The third-order valence-corrected chi connectivity index (χ3v) is 2.93. The highest BCUT2D eigenvalue weighted by Gasteiger charge is 2.10. The van der Waals surface area contributed by atoms with Crippen molar-refractivity contribution in [3.05, 3.63) is 70.0 Å². The summed E-state index contributed by atoms with van der Waals surface area (Å²) in [6.07, 6.45) is 0. The molecule has 0 atom stereocenters. The van der Waals surface area contributed by atoms with Gasteiger partial charge >= 0.3 is 0 Å². The van der Waals surface area contributed by atoms with E-state index in [1.165, 1.54) is 18.2 Å². The monoisotopic (exact) mass is 248 g/mol. The van der Waals surface area contributed by atoms with Crippen molar-refractivity contribution in [2.24, 2.45) is 0 Å². The number of hydrogen-bond acceptors (Lipinski definition) is 1. The van der Waals surface area contributed by atoms with Crippen molar-refractivity contribution in [1.82, 2.24) is 0 Å². The molecule has 0 bridgehead atoms. The number of halogens is 2. The molecule has 0 radical (unpaired) electrons. The lowest BCUT2D eigenvalue weighted by Gasteiger charge is -2.03. The molecule has 0 spiro atoms. The van der Waals surface area contributed by atoms with E-state index in [9.17, 15) is 9.18 Å². The van der Waals surface area contributed by atoms with E-state index in [-0.39, 0.29) is 5.78 Å². The number of hydrogen-bond donors (Lipinski definition) is 0. The van der Waals surface area contributed by atoms with Crippen LogP contribution in [-0.4, -0.2) is 5.78 Å². The molecule has 0 N–H and O–H groups in total. The van der Waals surface area contributed by atoms with Crippen molar-refractivity contribution < 1.29 is 9.18 Å². The number of rotatable bonds is 2. The highest BCUT2D eigenvalue weighted by Crippen LogP contribution is 2.19. The summed E-state index contributed by atoms with van der Waals surface area (Å²) in [6.45, 7) is 1.86. The molecule has 2 aromatic rings. The van der Waals surface area contributed by atoms with Crippen molar-refractivity contribution in [2.45, 2.75) is 6.92 Å². The van der Waals surface area contributed by atoms with E-state index in [1.54, 1.807) is 24.3 Å². The van der Waals surface area contributed by atoms with Gasteiger partial charge in [-0.25, -0.2) is 4.39 Å². The second kappa shape index (κ2) is 4.68. The average molecular weight is 249 g/mol. The Morgan fingerprint density at radius 3 is 2.47 bits per heavy atom. The maximum Gasteiger partial charge on any atom is 0.193 e. The van der Waals surface area contributed by atoms with Gasteiger partial charge in [-0.05, 0) is 30.7 Å². The summed E-state index contributed by atoms with van der Waals surface area (Å²) in [5.41, 5.74) is 1.69. The Bertz CT molecular complexity index is 578. The highest BCUT2D eigenvalue weighted by molar-refractivity contribution is 6.31. The van der Waals surface area contributed by atoms with Gasteiger partial charge in [0.1, 0.15) is 5.82 Å². The highest BCUT2D eigenvalue weighted by atomic mass is 35.5. The molecular formula is C14H10ClFO. The van der Waals surface area contributed by atoms with E-state index < -0.39 is 5.82 Å². The molecule has 0 saturated heterocycles. The molecule has 0 aliphatic rings. The van der Waals surface area contributed by atoms with Crippen LogP contribution in [0.4, 0.5) is 4.39 Å². The molecular weight excluding hydrogens is 239 g/mol. The van der Waals surface area contributed by atoms with Crippen LogP contribution in [0.2, 0.25) is 5.02 Å². The van der Waals surface area contributed by atoms with Crippen LogP contribution in [0, 0.1) is 12.7 Å². The molecule has 0 aromatic heterocycles.